The summed E-state index contributed by atoms with van der Waals surface area (Å²) in [5, 5.41) is 4.25. The summed E-state index contributed by atoms with van der Waals surface area (Å²) in [7, 11) is 1.84. The maximum Gasteiger partial charge on any atom is 0.262 e. The van der Waals surface area contributed by atoms with Crippen LogP contribution in [-0.4, -0.2) is 21.7 Å². The number of hydrogen-bond donors (Lipinski definition) is 0. The molecule has 0 N–H and O–H groups in total. The van der Waals surface area contributed by atoms with Gasteiger partial charge in [0.1, 0.15) is 0 Å². The van der Waals surface area contributed by atoms with Gasteiger partial charge in [0, 0.05) is 25.0 Å². The minimum Gasteiger partial charge on any atom is -0.305 e. The number of benzene rings is 1. The van der Waals surface area contributed by atoms with E-state index in [0.29, 0.717) is 5.56 Å². The van der Waals surface area contributed by atoms with Crippen molar-refractivity contribution in [2.45, 2.75) is 26.3 Å². The minimum absolute atomic E-state index is 0.0445. The van der Waals surface area contributed by atoms with Crippen molar-refractivity contribution in [2.75, 3.05) is 4.90 Å². The van der Waals surface area contributed by atoms with Crippen LogP contribution in [0, 0.1) is 6.92 Å². The zero-order chi connectivity index (χ0) is 13.6. The maximum atomic E-state index is 12.7. The number of carbonyl (C=O) groups is 1. The molecule has 1 aliphatic rings. The summed E-state index contributed by atoms with van der Waals surface area (Å²) in [4.78, 5) is 14.6. The van der Waals surface area contributed by atoms with Crippen LogP contribution < -0.4 is 4.90 Å². The molecule has 3 rings (SSSR count). The van der Waals surface area contributed by atoms with Crippen molar-refractivity contribution in [3.63, 3.8) is 0 Å². The zero-order valence-corrected chi connectivity index (χ0v) is 11.4. The molecule has 19 heavy (non-hydrogen) atoms. The van der Waals surface area contributed by atoms with Gasteiger partial charge in [-0.25, -0.2) is 0 Å². The number of fused-ring (bicyclic) bond motifs is 1. The van der Waals surface area contributed by atoms with Gasteiger partial charge in [0.05, 0.1) is 11.3 Å². The summed E-state index contributed by atoms with van der Waals surface area (Å²) >= 11 is 0. The van der Waals surface area contributed by atoms with E-state index in [0.717, 1.165) is 17.8 Å². The number of aryl methyl sites for hydroxylation is 2. The van der Waals surface area contributed by atoms with Crippen molar-refractivity contribution in [1.82, 2.24) is 9.78 Å². The molecular formula is C15H17N3O. The summed E-state index contributed by atoms with van der Waals surface area (Å²) in [6, 6.07) is 8.31. The molecule has 1 atom stereocenters. The second-order valence-corrected chi connectivity index (χ2v) is 5.16. The van der Waals surface area contributed by atoms with Gasteiger partial charge in [-0.05, 0) is 31.9 Å². The number of para-hydroxylation sites is 1. The predicted octanol–water partition coefficient (Wildman–Crippen LogP) is 2.32. The fourth-order valence-electron chi connectivity index (χ4n) is 2.81. The molecule has 1 aromatic heterocycles. The molecule has 0 unspecified atom stereocenters. The number of amides is 1. The fraction of sp³-hybridized carbons (Fsp3) is 0.333. The number of aromatic nitrogens is 2. The van der Waals surface area contributed by atoms with Gasteiger partial charge >= 0.3 is 0 Å². The Labute approximate surface area is 112 Å². The topological polar surface area (TPSA) is 38.1 Å². The van der Waals surface area contributed by atoms with Gasteiger partial charge in [-0.2, -0.15) is 5.10 Å². The highest BCUT2D eigenvalue weighted by atomic mass is 16.2. The molecule has 4 heteroatoms. The molecule has 2 aromatic rings. The number of hydrogen-bond acceptors (Lipinski definition) is 2. The summed E-state index contributed by atoms with van der Waals surface area (Å²) < 4.78 is 1.69. The fourth-order valence-corrected chi connectivity index (χ4v) is 2.81. The number of nitrogens with zero attached hydrogens (tertiary/aromatic N) is 3. The Bertz CT molecular complexity index is 645. The third-order valence-corrected chi connectivity index (χ3v) is 3.67. The van der Waals surface area contributed by atoms with E-state index in [1.165, 1.54) is 5.56 Å². The third kappa shape index (κ3) is 1.84. The SMILES string of the molecule is Cc1nn(C)cc1C(=O)N1c2ccccc2C[C@H]1C. The molecule has 0 saturated heterocycles. The first-order chi connectivity index (χ1) is 9.08. The summed E-state index contributed by atoms with van der Waals surface area (Å²) in [5.74, 6) is 0.0445. The molecule has 4 nitrogen and oxygen atoms in total. The lowest BCUT2D eigenvalue weighted by molar-refractivity contribution is 0.0981. The first kappa shape index (κ1) is 12.0. The normalized spacial score (nSPS) is 17.6. The first-order valence-corrected chi connectivity index (χ1v) is 6.49. The average molecular weight is 255 g/mol. The monoisotopic (exact) mass is 255 g/mol. The number of anilines is 1. The van der Waals surface area contributed by atoms with E-state index >= 15 is 0 Å². The van der Waals surface area contributed by atoms with Crippen LogP contribution in [0.25, 0.3) is 0 Å². The highest BCUT2D eigenvalue weighted by molar-refractivity contribution is 6.08. The molecule has 0 spiro atoms. The molecule has 1 aliphatic heterocycles. The molecule has 0 saturated carbocycles. The van der Waals surface area contributed by atoms with Crippen molar-refractivity contribution >= 4 is 11.6 Å². The van der Waals surface area contributed by atoms with Crippen LogP contribution in [0.1, 0.15) is 28.5 Å². The van der Waals surface area contributed by atoms with Crippen LogP contribution in [0.5, 0.6) is 0 Å². The van der Waals surface area contributed by atoms with Gasteiger partial charge in [0.25, 0.3) is 5.91 Å². The summed E-state index contributed by atoms with van der Waals surface area (Å²) in [6.07, 6.45) is 2.71. The Morgan fingerprint density at radius 1 is 1.37 bits per heavy atom. The van der Waals surface area contributed by atoms with Gasteiger partial charge in [-0.15, -0.1) is 0 Å². The van der Waals surface area contributed by atoms with E-state index in [1.807, 2.05) is 37.1 Å². The Morgan fingerprint density at radius 2 is 2.11 bits per heavy atom. The van der Waals surface area contributed by atoms with E-state index in [1.54, 1.807) is 10.9 Å². The Morgan fingerprint density at radius 3 is 2.79 bits per heavy atom. The lowest BCUT2D eigenvalue weighted by Gasteiger charge is -2.22. The second-order valence-electron chi connectivity index (χ2n) is 5.16. The Balaban J connectivity index is 2.03. The highest BCUT2D eigenvalue weighted by Crippen LogP contribution is 2.33. The van der Waals surface area contributed by atoms with Crippen LogP contribution in [-0.2, 0) is 13.5 Å². The largest absolute Gasteiger partial charge is 0.305 e. The molecule has 0 radical (unpaired) electrons. The second kappa shape index (κ2) is 4.23. The van der Waals surface area contributed by atoms with Gasteiger partial charge in [-0.1, -0.05) is 18.2 Å². The van der Waals surface area contributed by atoms with Crippen molar-refractivity contribution in [2.24, 2.45) is 7.05 Å². The lowest BCUT2D eigenvalue weighted by atomic mass is 10.1. The van der Waals surface area contributed by atoms with Gasteiger partial charge in [0.15, 0.2) is 0 Å². The molecule has 1 amide bonds. The van der Waals surface area contributed by atoms with Crippen LogP contribution in [0.3, 0.4) is 0 Å². The van der Waals surface area contributed by atoms with Gasteiger partial charge in [-0.3, -0.25) is 9.48 Å². The standard InChI is InChI=1S/C15H17N3O/c1-10-8-12-6-4-5-7-14(12)18(10)15(19)13-9-17(3)16-11(13)2/h4-7,9-10H,8H2,1-3H3/t10-/m1/s1. The molecule has 0 aliphatic carbocycles. The first-order valence-electron chi connectivity index (χ1n) is 6.49. The van der Waals surface area contributed by atoms with Crippen molar-refractivity contribution < 1.29 is 4.79 Å². The highest BCUT2D eigenvalue weighted by Gasteiger charge is 2.32. The van der Waals surface area contributed by atoms with E-state index in [2.05, 4.69) is 18.1 Å². The summed E-state index contributed by atoms with van der Waals surface area (Å²) in [6.45, 7) is 3.96. The lowest BCUT2D eigenvalue weighted by Crippen LogP contribution is -2.35. The average Bonchev–Trinajstić information content (AvgIpc) is 2.87. The zero-order valence-electron chi connectivity index (χ0n) is 11.4. The summed E-state index contributed by atoms with van der Waals surface area (Å²) in [5.41, 5.74) is 3.74. The quantitative estimate of drug-likeness (QED) is 0.784. The van der Waals surface area contributed by atoms with Crippen LogP contribution >= 0.6 is 0 Å². The molecule has 0 bridgehead atoms. The van der Waals surface area contributed by atoms with Gasteiger partial charge < -0.3 is 4.90 Å². The van der Waals surface area contributed by atoms with E-state index in [4.69, 9.17) is 0 Å². The maximum absolute atomic E-state index is 12.7. The van der Waals surface area contributed by atoms with Crippen molar-refractivity contribution in [3.8, 4) is 0 Å². The number of rotatable bonds is 1. The smallest absolute Gasteiger partial charge is 0.262 e. The Kier molecular flexibility index (Phi) is 2.66. The molecule has 0 fully saturated rings. The van der Waals surface area contributed by atoms with E-state index in [-0.39, 0.29) is 11.9 Å². The third-order valence-electron chi connectivity index (χ3n) is 3.67. The minimum atomic E-state index is 0.0445. The van der Waals surface area contributed by atoms with E-state index < -0.39 is 0 Å². The molecule has 98 valence electrons. The van der Waals surface area contributed by atoms with Crippen LogP contribution in [0.4, 0.5) is 5.69 Å². The molecule has 1 aromatic carbocycles. The van der Waals surface area contributed by atoms with Crippen molar-refractivity contribution in [1.29, 1.82) is 0 Å². The number of carbonyl (C=O) groups excluding carboxylic acids is 1. The predicted molar refractivity (Wildman–Crippen MR) is 74.4 cm³/mol. The Hall–Kier alpha value is -2.10. The van der Waals surface area contributed by atoms with E-state index in [9.17, 15) is 4.79 Å². The van der Waals surface area contributed by atoms with Crippen LogP contribution in [0.15, 0.2) is 30.5 Å². The molecular weight excluding hydrogens is 238 g/mol. The van der Waals surface area contributed by atoms with Crippen molar-refractivity contribution in [3.05, 3.63) is 47.3 Å². The van der Waals surface area contributed by atoms with Crippen LogP contribution in [0.2, 0.25) is 0 Å². The van der Waals surface area contributed by atoms with Gasteiger partial charge in [0.2, 0.25) is 0 Å². The molecule has 2 heterocycles.